The van der Waals surface area contributed by atoms with Crippen molar-refractivity contribution in [3.05, 3.63) is 35.5 Å². The minimum absolute atomic E-state index is 0.192. The van der Waals surface area contributed by atoms with E-state index in [0.717, 1.165) is 49.9 Å². The van der Waals surface area contributed by atoms with Crippen LogP contribution in [0.1, 0.15) is 98.3 Å². The zero-order valence-corrected chi connectivity index (χ0v) is 19.3. The van der Waals surface area contributed by atoms with Crippen LogP contribution in [0, 0.1) is 23.2 Å². The number of hydrogen-bond donors (Lipinski definition) is 2. The molecule has 0 spiro atoms. The average Bonchev–Trinajstić information content (AvgIpc) is 2.99. The molecule has 3 saturated carbocycles. The molecule has 3 aliphatic rings. The quantitative estimate of drug-likeness (QED) is 0.518. The van der Waals surface area contributed by atoms with Crippen LogP contribution >= 0.6 is 0 Å². The summed E-state index contributed by atoms with van der Waals surface area (Å²) in [6.45, 7) is 13.1. The molecule has 0 unspecified atom stereocenters. The topological polar surface area (TPSA) is 40.5 Å². The van der Waals surface area contributed by atoms with Gasteiger partial charge in [0.2, 0.25) is 0 Å². The lowest BCUT2D eigenvalue weighted by Gasteiger charge is -2.44. The summed E-state index contributed by atoms with van der Waals surface area (Å²) >= 11 is 0. The third-order valence-corrected chi connectivity index (χ3v) is 8.36. The van der Waals surface area contributed by atoms with Gasteiger partial charge in [-0.2, -0.15) is 0 Å². The van der Waals surface area contributed by atoms with Gasteiger partial charge in [0.25, 0.3) is 0 Å². The van der Waals surface area contributed by atoms with Crippen LogP contribution < -0.4 is 0 Å². The smallest absolute Gasteiger partial charge is 0.0591 e. The fraction of sp³-hybridized carbons (Fsp3) is 0.778. The van der Waals surface area contributed by atoms with Crippen molar-refractivity contribution in [3.8, 4) is 0 Å². The first kappa shape index (κ1) is 22.8. The van der Waals surface area contributed by atoms with E-state index in [4.69, 9.17) is 0 Å². The zero-order valence-electron chi connectivity index (χ0n) is 19.3. The van der Waals surface area contributed by atoms with Crippen molar-refractivity contribution in [2.45, 2.75) is 110 Å². The van der Waals surface area contributed by atoms with E-state index in [9.17, 15) is 10.2 Å². The van der Waals surface area contributed by atoms with E-state index in [-0.39, 0.29) is 6.10 Å². The van der Waals surface area contributed by atoms with Gasteiger partial charge in [0.1, 0.15) is 0 Å². The molecule has 0 aromatic rings. The van der Waals surface area contributed by atoms with Crippen molar-refractivity contribution in [2.75, 3.05) is 0 Å². The minimum Gasteiger partial charge on any atom is -0.393 e. The Morgan fingerprint density at radius 1 is 1.21 bits per heavy atom. The van der Waals surface area contributed by atoms with Gasteiger partial charge in [-0.25, -0.2) is 0 Å². The van der Waals surface area contributed by atoms with E-state index in [1.54, 1.807) is 5.57 Å². The molecule has 2 N–H and O–H groups in total. The summed E-state index contributed by atoms with van der Waals surface area (Å²) in [6.07, 6.45) is 16.9. The van der Waals surface area contributed by atoms with Gasteiger partial charge in [0.15, 0.2) is 0 Å². The predicted octanol–water partition coefficient (Wildman–Crippen LogP) is 6.73. The summed E-state index contributed by atoms with van der Waals surface area (Å²) in [6, 6.07) is 0. The molecule has 0 radical (unpaired) electrons. The first-order valence-corrected chi connectivity index (χ1v) is 12.1. The molecule has 5 atom stereocenters. The maximum absolute atomic E-state index is 10.0. The van der Waals surface area contributed by atoms with Crippen molar-refractivity contribution in [2.24, 2.45) is 23.2 Å². The first-order chi connectivity index (χ1) is 13.6. The Bertz CT molecular complexity index is 650. The molecule has 0 heterocycles. The van der Waals surface area contributed by atoms with E-state index >= 15 is 0 Å². The van der Waals surface area contributed by atoms with E-state index in [1.165, 1.54) is 49.7 Å². The molecule has 29 heavy (non-hydrogen) atoms. The van der Waals surface area contributed by atoms with Crippen molar-refractivity contribution in [3.63, 3.8) is 0 Å². The molecule has 2 heteroatoms. The second-order valence-corrected chi connectivity index (χ2v) is 11.2. The maximum Gasteiger partial charge on any atom is 0.0591 e. The Balaban J connectivity index is 1.68. The van der Waals surface area contributed by atoms with E-state index in [2.05, 4.69) is 32.6 Å². The van der Waals surface area contributed by atoms with Crippen LogP contribution in [-0.4, -0.2) is 21.9 Å². The van der Waals surface area contributed by atoms with Crippen LogP contribution in [0.25, 0.3) is 0 Å². The van der Waals surface area contributed by atoms with E-state index in [0.29, 0.717) is 5.41 Å². The fourth-order valence-corrected chi connectivity index (χ4v) is 6.67. The average molecular weight is 401 g/mol. The Morgan fingerprint density at radius 2 is 1.97 bits per heavy atom. The number of aliphatic hydroxyl groups excluding tert-OH is 1. The normalized spacial score (nSPS) is 37.2. The monoisotopic (exact) mass is 400 g/mol. The molecule has 3 rings (SSSR count). The van der Waals surface area contributed by atoms with Gasteiger partial charge >= 0.3 is 0 Å². The van der Waals surface area contributed by atoms with Gasteiger partial charge in [-0.3, -0.25) is 0 Å². The van der Waals surface area contributed by atoms with Crippen molar-refractivity contribution < 1.29 is 10.2 Å². The maximum atomic E-state index is 10.0. The first-order valence-electron chi connectivity index (χ1n) is 12.1. The standard InChI is InChI=1S/C27H44O2/c1-19-10-13-23(28)18-22(19)12-11-21-9-7-17-27(5)24(14-15-25(21)27)20(2)8-6-16-26(3,4)29/h11-12,20,23-25,28-29H,1,6-10,13-18H2,2-5H3/b21-11+,22-12-/t20-,23+,24-,25+,27-/m0/s1. The van der Waals surface area contributed by atoms with Gasteiger partial charge in [-0.15, -0.1) is 0 Å². The molecule has 0 aromatic heterocycles. The molecule has 0 aliphatic heterocycles. The minimum atomic E-state index is -0.535. The van der Waals surface area contributed by atoms with Gasteiger partial charge in [0.05, 0.1) is 11.7 Å². The SMILES string of the molecule is C=C1CC[C@@H](O)C/C1=C/C=C1\CCC[C@]2(C)[C@@H]1CC[C@H]2[C@@H](C)CCCC(C)(C)O. The third kappa shape index (κ3) is 5.44. The van der Waals surface area contributed by atoms with Gasteiger partial charge in [-0.05, 0) is 100 Å². The van der Waals surface area contributed by atoms with Gasteiger partial charge in [0, 0.05) is 0 Å². The van der Waals surface area contributed by atoms with Crippen LogP contribution in [0.2, 0.25) is 0 Å². The Morgan fingerprint density at radius 3 is 2.69 bits per heavy atom. The number of fused-ring (bicyclic) bond motifs is 1. The highest BCUT2D eigenvalue weighted by Gasteiger charge is 2.50. The van der Waals surface area contributed by atoms with Gasteiger partial charge < -0.3 is 10.2 Å². The molecule has 164 valence electrons. The molecule has 0 saturated heterocycles. The summed E-state index contributed by atoms with van der Waals surface area (Å²) < 4.78 is 0. The summed E-state index contributed by atoms with van der Waals surface area (Å²) in [7, 11) is 0. The lowest BCUT2D eigenvalue weighted by atomic mass is 9.60. The van der Waals surface area contributed by atoms with E-state index in [1.807, 2.05) is 13.8 Å². The summed E-state index contributed by atoms with van der Waals surface area (Å²) in [4.78, 5) is 0. The predicted molar refractivity (Wildman–Crippen MR) is 123 cm³/mol. The highest BCUT2D eigenvalue weighted by molar-refractivity contribution is 5.36. The highest BCUT2D eigenvalue weighted by Crippen LogP contribution is 2.60. The Kier molecular flexibility index (Phi) is 7.16. The molecular formula is C27H44O2. The largest absolute Gasteiger partial charge is 0.393 e. The third-order valence-electron chi connectivity index (χ3n) is 8.36. The van der Waals surface area contributed by atoms with Crippen molar-refractivity contribution in [1.29, 1.82) is 0 Å². The van der Waals surface area contributed by atoms with Crippen molar-refractivity contribution in [1.82, 2.24) is 0 Å². The Hall–Kier alpha value is -0.860. The van der Waals surface area contributed by atoms with Crippen LogP contribution in [-0.2, 0) is 0 Å². The molecule has 0 amide bonds. The highest BCUT2D eigenvalue weighted by atomic mass is 16.3. The molecular weight excluding hydrogens is 356 g/mol. The number of aliphatic hydroxyl groups is 2. The van der Waals surface area contributed by atoms with Crippen LogP contribution in [0.3, 0.4) is 0 Å². The van der Waals surface area contributed by atoms with Crippen molar-refractivity contribution >= 4 is 0 Å². The van der Waals surface area contributed by atoms with Gasteiger partial charge in [-0.1, -0.05) is 56.6 Å². The van der Waals surface area contributed by atoms with E-state index < -0.39 is 5.60 Å². The Labute approximate surface area is 179 Å². The fourth-order valence-electron chi connectivity index (χ4n) is 6.67. The lowest BCUT2D eigenvalue weighted by molar-refractivity contribution is 0.0596. The molecule has 0 aromatic carbocycles. The number of hydrogen-bond acceptors (Lipinski definition) is 2. The van der Waals surface area contributed by atoms with Crippen LogP contribution in [0.4, 0.5) is 0 Å². The molecule has 3 aliphatic carbocycles. The van der Waals surface area contributed by atoms with Crippen LogP contribution in [0.5, 0.6) is 0 Å². The second-order valence-electron chi connectivity index (χ2n) is 11.2. The number of allylic oxidation sites excluding steroid dienone is 4. The second kappa shape index (κ2) is 9.10. The summed E-state index contributed by atoms with van der Waals surface area (Å²) in [5.41, 5.74) is 4.02. The summed E-state index contributed by atoms with van der Waals surface area (Å²) in [5.74, 6) is 2.26. The number of rotatable bonds is 6. The lowest BCUT2D eigenvalue weighted by Crippen LogP contribution is -2.36. The molecule has 3 fully saturated rings. The summed E-state index contributed by atoms with van der Waals surface area (Å²) in [5, 5.41) is 20.1. The zero-order chi connectivity index (χ0) is 21.2. The van der Waals surface area contributed by atoms with Crippen LogP contribution in [0.15, 0.2) is 35.5 Å². The molecule has 2 nitrogen and oxygen atoms in total. The molecule has 0 bridgehead atoms.